The van der Waals surface area contributed by atoms with E-state index in [0.717, 1.165) is 17.7 Å². The van der Waals surface area contributed by atoms with Gasteiger partial charge in [-0.2, -0.15) is 0 Å². The van der Waals surface area contributed by atoms with Gasteiger partial charge in [0.25, 0.3) is 0 Å². The third-order valence-corrected chi connectivity index (χ3v) is 4.21. The topological polar surface area (TPSA) is 21.7 Å². The lowest BCUT2D eigenvalue weighted by molar-refractivity contribution is -0.0554. The standard InChI is InChI=1S/C24H29NO2/c1-24(2,26-4)18-12-7-13-19-25(3)23(22-16-10-6-11-17-22)27-20-21-14-8-5-9-15-21/h5-11,13-17,23H,19-20H2,1-4H3/b13-7-. The summed E-state index contributed by atoms with van der Waals surface area (Å²) in [6.45, 7) is 5.19. The fraction of sp³-hybridized carbons (Fsp3) is 0.333. The van der Waals surface area contributed by atoms with Crippen LogP contribution >= 0.6 is 0 Å². The van der Waals surface area contributed by atoms with Gasteiger partial charge < -0.3 is 9.47 Å². The zero-order chi connectivity index (χ0) is 19.5. The van der Waals surface area contributed by atoms with E-state index in [4.69, 9.17) is 9.47 Å². The fourth-order valence-corrected chi connectivity index (χ4v) is 2.49. The first-order chi connectivity index (χ1) is 13.0. The van der Waals surface area contributed by atoms with Crippen molar-refractivity contribution in [2.24, 2.45) is 0 Å². The van der Waals surface area contributed by atoms with Gasteiger partial charge in [0.05, 0.1) is 6.61 Å². The Balaban J connectivity index is 2.02. The van der Waals surface area contributed by atoms with Gasteiger partial charge in [-0.15, -0.1) is 0 Å². The number of rotatable bonds is 8. The Morgan fingerprint density at radius 3 is 2.30 bits per heavy atom. The van der Waals surface area contributed by atoms with E-state index >= 15 is 0 Å². The minimum atomic E-state index is -0.429. The average Bonchev–Trinajstić information content (AvgIpc) is 2.69. The molecule has 0 aliphatic rings. The molecule has 0 N–H and O–H groups in total. The minimum Gasteiger partial charge on any atom is -0.366 e. The van der Waals surface area contributed by atoms with Crippen molar-refractivity contribution < 1.29 is 9.47 Å². The molecule has 2 aromatic carbocycles. The van der Waals surface area contributed by atoms with Crippen LogP contribution in [-0.4, -0.2) is 31.2 Å². The molecule has 0 fully saturated rings. The summed E-state index contributed by atoms with van der Waals surface area (Å²) in [5.41, 5.74) is 1.87. The lowest BCUT2D eigenvalue weighted by Crippen LogP contribution is -2.27. The van der Waals surface area contributed by atoms with Crippen molar-refractivity contribution in [1.82, 2.24) is 4.90 Å². The number of allylic oxidation sites excluding steroid dienone is 1. The van der Waals surface area contributed by atoms with E-state index in [2.05, 4.69) is 48.1 Å². The van der Waals surface area contributed by atoms with Crippen molar-refractivity contribution in [3.05, 3.63) is 83.9 Å². The second-order valence-corrected chi connectivity index (χ2v) is 6.89. The first-order valence-electron chi connectivity index (χ1n) is 9.15. The van der Waals surface area contributed by atoms with E-state index in [0.29, 0.717) is 6.61 Å². The fourth-order valence-electron chi connectivity index (χ4n) is 2.49. The number of hydrogen-bond acceptors (Lipinski definition) is 3. The van der Waals surface area contributed by atoms with Gasteiger partial charge >= 0.3 is 0 Å². The van der Waals surface area contributed by atoms with Crippen LogP contribution in [0.2, 0.25) is 0 Å². The molecule has 1 atom stereocenters. The smallest absolute Gasteiger partial charge is 0.137 e. The number of likely N-dealkylation sites (N-methyl/N-ethyl adjacent to an activating group) is 1. The molecule has 0 aliphatic carbocycles. The van der Waals surface area contributed by atoms with Gasteiger partial charge in [-0.25, -0.2) is 0 Å². The van der Waals surface area contributed by atoms with Gasteiger partial charge in [-0.1, -0.05) is 78.6 Å². The molecule has 2 rings (SSSR count). The summed E-state index contributed by atoms with van der Waals surface area (Å²) in [4.78, 5) is 2.16. The predicted octanol–water partition coefficient (Wildman–Crippen LogP) is 4.82. The van der Waals surface area contributed by atoms with E-state index in [1.165, 1.54) is 0 Å². The van der Waals surface area contributed by atoms with Crippen molar-refractivity contribution in [3.63, 3.8) is 0 Å². The number of methoxy groups -OCH3 is 1. The molecule has 0 amide bonds. The van der Waals surface area contributed by atoms with Gasteiger partial charge in [0.2, 0.25) is 0 Å². The van der Waals surface area contributed by atoms with E-state index in [1.807, 2.05) is 62.4 Å². The molecular formula is C24H29NO2. The predicted molar refractivity (Wildman–Crippen MR) is 111 cm³/mol. The van der Waals surface area contributed by atoms with Gasteiger partial charge in [-0.05, 0) is 38.1 Å². The van der Waals surface area contributed by atoms with E-state index in [9.17, 15) is 0 Å². The second kappa shape index (κ2) is 10.7. The third-order valence-electron chi connectivity index (χ3n) is 4.21. The first-order valence-corrected chi connectivity index (χ1v) is 9.15. The Kier molecular flexibility index (Phi) is 8.29. The Labute approximate surface area is 163 Å². The zero-order valence-corrected chi connectivity index (χ0v) is 16.7. The summed E-state index contributed by atoms with van der Waals surface area (Å²) in [6.07, 6.45) is 3.79. The molecule has 0 saturated carbocycles. The number of benzene rings is 2. The molecule has 0 spiro atoms. The SMILES string of the molecule is COC(C)(C)C#C/C=C\CN(C)C(OCc1ccccc1)c1ccccc1. The molecule has 3 nitrogen and oxygen atoms in total. The number of nitrogens with zero attached hydrogens (tertiary/aromatic N) is 1. The Morgan fingerprint density at radius 2 is 1.67 bits per heavy atom. The monoisotopic (exact) mass is 363 g/mol. The summed E-state index contributed by atoms with van der Waals surface area (Å²) >= 11 is 0. The quantitative estimate of drug-likeness (QED) is 0.496. The van der Waals surface area contributed by atoms with Crippen LogP contribution in [-0.2, 0) is 16.1 Å². The Morgan fingerprint density at radius 1 is 1.04 bits per heavy atom. The summed E-state index contributed by atoms with van der Waals surface area (Å²) in [5, 5.41) is 0. The molecule has 0 saturated heterocycles. The van der Waals surface area contributed by atoms with Crippen molar-refractivity contribution in [3.8, 4) is 11.8 Å². The normalized spacial score (nSPS) is 12.8. The molecule has 0 bridgehead atoms. The minimum absolute atomic E-state index is 0.126. The van der Waals surface area contributed by atoms with E-state index in [-0.39, 0.29) is 6.23 Å². The van der Waals surface area contributed by atoms with Crippen LogP contribution in [0.1, 0.15) is 31.2 Å². The zero-order valence-electron chi connectivity index (χ0n) is 16.7. The molecule has 142 valence electrons. The van der Waals surface area contributed by atoms with Crippen LogP contribution in [0, 0.1) is 11.8 Å². The van der Waals surface area contributed by atoms with Crippen LogP contribution in [0.3, 0.4) is 0 Å². The van der Waals surface area contributed by atoms with Crippen molar-refractivity contribution >= 4 is 0 Å². The van der Waals surface area contributed by atoms with E-state index in [1.54, 1.807) is 7.11 Å². The third kappa shape index (κ3) is 7.40. The van der Waals surface area contributed by atoms with Crippen molar-refractivity contribution in [2.45, 2.75) is 32.3 Å². The van der Waals surface area contributed by atoms with E-state index < -0.39 is 5.60 Å². The van der Waals surface area contributed by atoms with Crippen LogP contribution in [0.5, 0.6) is 0 Å². The first kappa shape index (κ1) is 20.9. The highest BCUT2D eigenvalue weighted by molar-refractivity contribution is 5.22. The van der Waals surface area contributed by atoms with Crippen LogP contribution in [0.4, 0.5) is 0 Å². The van der Waals surface area contributed by atoms with Crippen LogP contribution in [0.25, 0.3) is 0 Å². The van der Waals surface area contributed by atoms with Gasteiger partial charge in [0, 0.05) is 13.7 Å². The lowest BCUT2D eigenvalue weighted by atomic mass is 10.1. The Hall–Kier alpha value is -2.38. The number of ether oxygens (including phenoxy) is 2. The maximum atomic E-state index is 6.24. The molecule has 0 aromatic heterocycles. The molecule has 27 heavy (non-hydrogen) atoms. The highest BCUT2D eigenvalue weighted by atomic mass is 16.5. The second-order valence-electron chi connectivity index (χ2n) is 6.89. The molecule has 2 aromatic rings. The maximum Gasteiger partial charge on any atom is 0.137 e. The average molecular weight is 364 g/mol. The number of hydrogen-bond donors (Lipinski definition) is 0. The lowest BCUT2D eigenvalue weighted by Gasteiger charge is -2.27. The summed E-state index contributed by atoms with van der Waals surface area (Å²) in [5.74, 6) is 6.13. The summed E-state index contributed by atoms with van der Waals surface area (Å²) in [6, 6.07) is 20.5. The molecule has 0 aliphatic heterocycles. The van der Waals surface area contributed by atoms with Crippen molar-refractivity contribution in [1.29, 1.82) is 0 Å². The summed E-state index contributed by atoms with van der Waals surface area (Å²) < 4.78 is 11.5. The molecular weight excluding hydrogens is 334 g/mol. The van der Waals surface area contributed by atoms with Crippen LogP contribution < -0.4 is 0 Å². The van der Waals surface area contributed by atoms with Gasteiger partial charge in [0.1, 0.15) is 11.8 Å². The highest BCUT2D eigenvalue weighted by Gasteiger charge is 2.16. The molecule has 1 unspecified atom stereocenters. The molecule has 3 heteroatoms. The van der Waals surface area contributed by atoms with Crippen LogP contribution in [0.15, 0.2) is 72.8 Å². The van der Waals surface area contributed by atoms with Gasteiger partial charge in [-0.3, -0.25) is 4.90 Å². The van der Waals surface area contributed by atoms with Crippen molar-refractivity contribution in [2.75, 3.05) is 20.7 Å². The maximum absolute atomic E-state index is 6.24. The van der Waals surface area contributed by atoms with Gasteiger partial charge in [0.15, 0.2) is 0 Å². The summed E-state index contributed by atoms with van der Waals surface area (Å²) in [7, 11) is 3.72. The Bertz CT molecular complexity index is 757. The molecule has 0 heterocycles. The largest absolute Gasteiger partial charge is 0.366 e. The molecule has 0 radical (unpaired) electrons. The highest BCUT2D eigenvalue weighted by Crippen LogP contribution is 2.22.